The SMILES string of the molecule is COc1cc(OC)c(SC(C)C(C)C(N)=O)c(OC)c1. The topological polar surface area (TPSA) is 70.8 Å². The fraction of sp³-hybridized carbons (Fsp3) is 0.500. The van der Waals surface area contributed by atoms with Crippen LogP contribution in [-0.2, 0) is 4.79 Å². The summed E-state index contributed by atoms with van der Waals surface area (Å²) in [5, 5.41) is 0.00342. The molecule has 1 aromatic carbocycles. The summed E-state index contributed by atoms with van der Waals surface area (Å²) in [6.45, 7) is 3.76. The monoisotopic (exact) mass is 299 g/mol. The van der Waals surface area contributed by atoms with Gasteiger partial charge in [0.1, 0.15) is 17.2 Å². The van der Waals surface area contributed by atoms with Gasteiger partial charge in [0.15, 0.2) is 0 Å². The minimum Gasteiger partial charge on any atom is -0.496 e. The second-order valence-corrected chi connectivity index (χ2v) is 5.76. The summed E-state index contributed by atoms with van der Waals surface area (Å²) in [4.78, 5) is 12.1. The van der Waals surface area contributed by atoms with Crippen LogP contribution in [0.4, 0.5) is 0 Å². The van der Waals surface area contributed by atoms with E-state index in [-0.39, 0.29) is 17.1 Å². The fourth-order valence-corrected chi connectivity index (χ4v) is 2.84. The van der Waals surface area contributed by atoms with Crippen LogP contribution in [0.1, 0.15) is 13.8 Å². The Bertz CT molecular complexity index is 453. The minimum atomic E-state index is -0.323. The number of hydrogen-bond acceptors (Lipinski definition) is 5. The van der Waals surface area contributed by atoms with Crippen molar-refractivity contribution in [1.29, 1.82) is 0 Å². The summed E-state index contributed by atoms with van der Waals surface area (Å²) in [7, 11) is 4.75. The lowest BCUT2D eigenvalue weighted by Gasteiger charge is -2.20. The summed E-state index contributed by atoms with van der Waals surface area (Å²) in [6.07, 6.45) is 0. The predicted molar refractivity (Wildman–Crippen MR) is 79.8 cm³/mol. The van der Waals surface area contributed by atoms with Crippen molar-refractivity contribution in [3.05, 3.63) is 12.1 Å². The van der Waals surface area contributed by atoms with Gasteiger partial charge in [-0.1, -0.05) is 13.8 Å². The zero-order valence-corrected chi connectivity index (χ0v) is 13.2. The van der Waals surface area contributed by atoms with Gasteiger partial charge in [-0.3, -0.25) is 4.79 Å². The molecule has 0 saturated carbocycles. The van der Waals surface area contributed by atoms with Crippen LogP contribution in [0.2, 0.25) is 0 Å². The zero-order valence-electron chi connectivity index (χ0n) is 12.4. The number of nitrogens with two attached hydrogens (primary N) is 1. The number of hydrogen-bond donors (Lipinski definition) is 1. The van der Waals surface area contributed by atoms with Crippen molar-refractivity contribution in [2.75, 3.05) is 21.3 Å². The van der Waals surface area contributed by atoms with E-state index < -0.39 is 0 Å². The minimum absolute atomic E-state index is 0.00342. The Morgan fingerprint density at radius 2 is 1.60 bits per heavy atom. The molecule has 0 fully saturated rings. The van der Waals surface area contributed by atoms with Gasteiger partial charge >= 0.3 is 0 Å². The molecule has 20 heavy (non-hydrogen) atoms. The first-order chi connectivity index (χ1) is 9.44. The molecule has 0 radical (unpaired) electrons. The first-order valence-corrected chi connectivity index (χ1v) is 7.08. The molecular formula is C14H21NO4S. The summed E-state index contributed by atoms with van der Waals surface area (Å²) in [6, 6.07) is 3.57. The van der Waals surface area contributed by atoms with Gasteiger partial charge in [-0.05, 0) is 0 Å². The van der Waals surface area contributed by atoms with Crippen molar-refractivity contribution in [1.82, 2.24) is 0 Å². The molecule has 2 unspecified atom stereocenters. The van der Waals surface area contributed by atoms with Crippen molar-refractivity contribution < 1.29 is 19.0 Å². The van der Waals surface area contributed by atoms with Crippen LogP contribution < -0.4 is 19.9 Å². The van der Waals surface area contributed by atoms with Gasteiger partial charge in [0, 0.05) is 23.3 Å². The van der Waals surface area contributed by atoms with E-state index in [1.54, 1.807) is 33.5 Å². The Kier molecular flexibility index (Phi) is 6.01. The van der Waals surface area contributed by atoms with Crippen molar-refractivity contribution in [2.45, 2.75) is 24.0 Å². The molecule has 2 atom stereocenters. The van der Waals surface area contributed by atoms with Crippen LogP contribution in [0.15, 0.2) is 17.0 Å². The number of methoxy groups -OCH3 is 3. The van der Waals surface area contributed by atoms with Gasteiger partial charge in [-0.15, -0.1) is 11.8 Å². The third kappa shape index (κ3) is 3.72. The lowest BCUT2D eigenvalue weighted by atomic mass is 10.1. The highest BCUT2D eigenvalue weighted by Crippen LogP contribution is 2.44. The molecule has 1 rings (SSSR count). The smallest absolute Gasteiger partial charge is 0.221 e. The summed E-state index contributed by atoms with van der Waals surface area (Å²) in [5.41, 5.74) is 5.34. The number of benzene rings is 1. The van der Waals surface area contributed by atoms with Crippen molar-refractivity contribution in [2.24, 2.45) is 11.7 Å². The van der Waals surface area contributed by atoms with Gasteiger partial charge in [-0.25, -0.2) is 0 Å². The molecule has 0 aliphatic rings. The molecule has 6 heteroatoms. The van der Waals surface area contributed by atoms with Gasteiger partial charge in [0.25, 0.3) is 0 Å². The van der Waals surface area contributed by atoms with Crippen LogP contribution in [0.25, 0.3) is 0 Å². The third-order valence-electron chi connectivity index (χ3n) is 3.13. The second-order valence-electron chi connectivity index (χ2n) is 4.38. The summed E-state index contributed by atoms with van der Waals surface area (Å²) in [5.74, 6) is 1.37. The number of carbonyl (C=O) groups is 1. The molecule has 5 nitrogen and oxygen atoms in total. The third-order valence-corrected chi connectivity index (χ3v) is 4.54. The largest absolute Gasteiger partial charge is 0.496 e. The number of ether oxygens (including phenoxy) is 3. The molecular weight excluding hydrogens is 278 g/mol. The molecule has 0 saturated heterocycles. The first-order valence-electron chi connectivity index (χ1n) is 6.20. The highest BCUT2D eigenvalue weighted by atomic mass is 32.2. The highest BCUT2D eigenvalue weighted by molar-refractivity contribution is 8.00. The van der Waals surface area contributed by atoms with Crippen LogP contribution in [0, 0.1) is 5.92 Å². The van der Waals surface area contributed by atoms with Crippen molar-refractivity contribution in [3.63, 3.8) is 0 Å². The molecule has 0 aliphatic heterocycles. The van der Waals surface area contributed by atoms with Crippen molar-refractivity contribution >= 4 is 17.7 Å². The van der Waals surface area contributed by atoms with Gasteiger partial charge in [0.2, 0.25) is 5.91 Å². The maximum absolute atomic E-state index is 11.3. The Balaban J connectivity index is 3.12. The number of amides is 1. The van der Waals surface area contributed by atoms with Gasteiger partial charge < -0.3 is 19.9 Å². The van der Waals surface area contributed by atoms with E-state index in [1.807, 2.05) is 13.8 Å². The van der Waals surface area contributed by atoms with E-state index in [4.69, 9.17) is 19.9 Å². The second kappa shape index (κ2) is 7.28. The summed E-state index contributed by atoms with van der Waals surface area (Å²) < 4.78 is 16.0. The van der Waals surface area contributed by atoms with E-state index in [0.29, 0.717) is 17.2 Å². The molecule has 0 bridgehead atoms. The Morgan fingerprint density at radius 3 is 1.95 bits per heavy atom. The molecule has 0 heterocycles. The van der Waals surface area contributed by atoms with Crippen LogP contribution in [0.5, 0.6) is 17.2 Å². The quantitative estimate of drug-likeness (QED) is 0.782. The summed E-state index contributed by atoms with van der Waals surface area (Å²) >= 11 is 1.50. The van der Waals surface area contributed by atoms with Crippen LogP contribution in [-0.4, -0.2) is 32.5 Å². The molecule has 2 N–H and O–H groups in total. The predicted octanol–water partition coefficient (Wildman–Crippen LogP) is 2.31. The van der Waals surface area contributed by atoms with E-state index in [2.05, 4.69) is 0 Å². The normalized spacial score (nSPS) is 13.4. The number of thioether (sulfide) groups is 1. The molecule has 112 valence electrons. The van der Waals surface area contributed by atoms with Crippen LogP contribution in [0.3, 0.4) is 0 Å². The van der Waals surface area contributed by atoms with Gasteiger partial charge in [-0.2, -0.15) is 0 Å². The fourth-order valence-electron chi connectivity index (χ4n) is 1.61. The number of primary amides is 1. The van der Waals surface area contributed by atoms with Crippen LogP contribution >= 0.6 is 11.8 Å². The molecule has 1 aromatic rings. The first kappa shape index (κ1) is 16.5. The maximum atomic E-state index is 11.3. The van der Waals surface area contributed by atoms with E-state index in [1.165, 1.54) is 11.8 Å². The van der Waals surface area contributed by atoms with Crippen molar-refractivity contribution in [3.8, 4) is 17.2 Å². The standard InChI is InChI=1S/C14H21NO4S/c1-8(14(15)16)9(2)20-13-11(18-4)6-10(17-3)7-12(13)19-5/h6-9H,1-5H3,(H2,15,16). The Morgan fingerprint density at radius 1 is 1.10 bits per heavy atom. The Labute approximate surface area is 123 Å². The molecule has 1 amide bonds. The highest BCUT2D eigenvalue weighted by Gasteiger charge is 2.23. The average molecular weight is 299 g/mol. The van der Waals surface area contributed by atoms with E-state index in [0.717, 1.165) is 4.90 Å². The lowest BCUT2D eigenvalue weighted by Crippen LogP contribution is -2.27. The molecule has 0 aliphatic carbocycles. The Hall–Kier alpha value is -1.56. The molecule has 0 aromatic heterocycles. The van der Waals surface area contributed by atoms with Gasteiger partial charge in [0.05, 0.1) is 26.2 Å². The average Bonchev–Trinajstić information content (AvgIpc) is 2.45. The zero-order chi connectivity index (χ0) is 15.3. The maximum Gasteiger partial charge on any atom is 0.221 e. The van der Waals surface area contributed by atoms with E-state index >= 15 is 0 Å². The number of carbonyl (C=O) groups excluding carboxylic acids is 1. The molecule has 0 spiro atoms. The van der Waals surface area contributed by atoms with E-state index in [9.17, 15) is 4.79 Å². The number of rotatable bonds is 7. The lowest BCUT2D eigenvalue weighted by molar-refractivity contribution is -0.121.